The maximum Gasteiger partial charge on any atom is 0.125 e. The van der Waals surface area contributed by atoms with Gasteiger partial charge >= 0.3 is 0 Å². The molecule has 0 aromatic heterocycles. The topological polar surface area (TPSA) is 118 Å². The molecule has 0 aliphatic rings. The van der Waals surface area contributed by atoms with Crippen LogP contribution in [0.4, 0.5) is 11.4 Å². The summed E-state index contributed by atoms with van der Waals surface area (Å²) in [6.07, 6.45) is 0. The maximum atomic E-state index is 9.20. The zero-order valence-electron chi connectivity index (χ0n) is 6.36. The van der Waals surface area contributed by atoms with Crippen LogP contribution in [0, 0.1) is 0 Å². The molecule has 1 rings (SSSR count). The Bertz CT molecular complexity index is 415. The number of azide groups is 2. The first-order valence-electron chi connectivity index (χ1n) is 3.21. The summed E-state index contributed by atoms with van der Waals surface area (Å²) in [7, 11) is 0. The number of hydrogen-bond acceptors (Lipinski definition) is 3. The summed E-state index contributed by atoms with van der Waals surface area (Å²) in [6.45, 7) is 0. The molecule has 0 bridgehead atoms. The molecule has 0 unspecified atom stereocenters. The van der Waals surface area contributed by atoms with Gasteiger partial charge in [-0.05, 0) is 17.1 Å². The Hall–Kier alpha value is -2.36. The molecule has 0 saturated carbocycles. The van der Waals surface area contributed by atoms with Crippen LogP contribution >= 0.6 is 0 Å². The fourth-order valence-corrected chi connectivity index (χ4v) is 0.796. The molecule has 0 aliphatic heterocycles. The van der Waals surface area contributed by atoms with E-state index >= 15 is 0 Å². The van der Waals surface area contributed by atoms with Crippen molar-refractivity contribution in [3.63, 3.8) is 0 Å². The number of phenols is 1. The van der Waals surface area contributed by atoms with Gasteiger partial charge < -0.3 is 5.11 Å². The summed E-state index contributed by atoms with van der Waals surface area (Å²) in [6, 6.07) is 4.25. The average molecular weight is 176 g/mol. The van der Waals surface area contributed by atoms with Crippen molar-refractivity contribution >= 4 is 11.4 Å². The van der Waals surface area contributed by atoms with E-state index in [1.807, 2.05) is 0 Å². The van der Waals surface area contributed by atoms with Gasteiger partial charge in [0.2, 0.25) is 0 Å². The van der Waals surface area contributed by atoms with Crippen LogP contribution in [0.15, 0.2) is 28.4 Å². The predicted octanol–water partition coefficient (Wildman–Crippen LogP) is 3.28. The molecule has 0 fully saturated rings. The molecule has 7 nitrogen and oxygen atoms in total. The van der Waals surface area contributed by atoms with Gasteiger partial charge in [-0.1, -0.05) is 22.4 Å². The van der Waals surface area contributed by atoms with Crippen LogP contribution in [0.1, 0.15) is 0 Å². The minimum Gasteiger partial charge on any atom is -0.507 e. The zero-order chi connectivity index (χ0) is 9.68. The van der Waals surface area contributed by atoms with E-state index in [0.29, 0.717) is 0 Å². The van der Waals surface area contributed by atoms with E-state index in [4.69, 9.17) is 11.1 Å². The van der Waals surface area contributed by atoms with Gasteiger partial charge in [-0.25, -0.2) is 0 Å². The molecule has 0 radical (unpaired) electrons. The van der Waals surface area contributed by atoms with Crippen molar-refractivity contribution in [3.8, 4) is 5.75 Å². The Morgan fingerprint density at radius 1 is 1.15 bits per heavy atom. The highest BCUT2D eigenvalue weighted by Gasteiger charge is 2.02. The fraction of sp³-hybridized carbons (Fsp3) is 0. The molecule has 0 spiro atoms. The SMILES string of the molecule is [N-]=[N+]=Nc1cccc(O)c1N=[N+]=[N-]. The van der Waals surface area contributed by atoms with Crippen molar-refractivity contribution in [2.45, 2.75) is 0 Å². The van der Waals surface area contributed by atoms with E-state index in [-0.39, 0.29) is 17.1 Å². The third kappa shape index (κ3) is 1.81. The van der Waals surface area contributed by atoms with Crippen molar-refractivity contribution in [1.82, 2.24) is 0 Å². The highest BCUT2D eigenvalue weighted by Crippen LogP contribution is 2.36. The quantitative estimate of drug-likeness (QED) is 0.415. The average Bonchev–Trinajstić information content (AvgIpc) is 2.11. The first kappa shape index (κ1) is 8.73. The van der Waals surface area contributed by atoms with Crippen molar-refractivity contribution < 1.29 is 5.11 Å². The molecular weight excluding hydrogens is 172 g/mol. The number of phenolic OH excluding ortho intramolecular Hbond substituents is 1. The summed E-state index contributed by atoms with van der Waals surface area (Å²) in [5.41, 5.74) is 16.3. The first-order valence-corrected chi connectivity index (χ1v) is 3.21. The van der Waals surface area contributed by atoms with Crippen LogP contribution in [-0.2, 0) is 0 Å². The van der Waals surface area contributed by atoms with E-state index in [9.17, 15) is 5.11 Å². The zero-order valence-corrected chi connectivity index (χ0v) is 6.36. The fourth-order valence-electron chi connectivity index (χ4n) is 0.796. The van der Waals surface area contributed by atoms with Gasteiger partial charge in [0.15, 0.2) is 0 Å². The molecule has 7 heteroatoms. The summed E-state index contributed by atoms with van der Waals surface area (Å²) in [5.74, 6) is -0.220. The second-order valence-corrected chi connectivity index (χ2v) is 2.02. The van der Waals surface area contributed by atoms with Gasteiger partial charge in [-0.2, -0.15) is 0 Å². The molecule has 0 saturated heterocycles. The Morgan fingerprint density at radius 3 is 2.46 bits per heavy atom. The third-order valence-electron chi connectivity index (χ3n) is 1.29. The standard InChI is InChI=1S/C6H4N6O/c7-11-9-4-2-1-3-5(13)6(4)10-12-8/h1-3,13H. The highest BCUT2D eigenvalue weighted by molar-refractivity contribution is 5.68. The van der Waals surface area contributed by atoms with Crippen LogP contribution in [-0.4, -0.2) is 5.11 Å². The Morgan fingerprint density at radius 2 is 1.85 bits per heavy atom. The van der Waals surface area contributed by atoms with Crippen molar-refractivity contribution in [2.24, 2.45) is 10.2 Å². The molecule has 1 aromatic carbocycles. The lowest BCUT2D eigenvalue weighted by atomic mass is 10.2. The maximum absolute atomic E-state index is 9.20. The molecule has 1 N–H and O–H groups in total. The molecular formula is C6H4N6O. The summed E-state index contributed by atoms with van der Waals surface area (Å²) in [5, 5.41) is 15.6. The van der Waals surface area contributed by atoms with E-state index in [2.05, 4.69) is 20.1 Å². The number of aromatic hydroxyl groups is 1. The van der Waals surface area contributed by atoms with E-state index in [0.717, 1.165) is 0 Å². The highest BCUT2D eigenvalue weighted by atomic mass is 16.3. The van der Waals surface area contributed by atoms with Crippen LogP contribution < -0.4 is 0 Å². The molecule has 0 heterocycles. The largest absolute Gasteiger partial charge is 0.507 e. The van der Waals surface area contributed by atoms with Gasteiger partial charge in [-0.3, -0.25) is 0 Å². The second kappa shape index (κ2) is 3.87. The Kier molecular flexibility index (Phi) is 2.60. The van der Waals surface area contributed by atoms with Gasteiger partial charge in [-0.15, -0.1) is 0 Å². The molecule has 13 heavy (non-hydrogen) atoms. The van der Waals surface area contributed by atoms with Gasteiger partial charge in [0, 0.05) is 9.82 Å². The van der Waals surface area contributed by atoms with Gasteiger partial charge in [0.05, 0.1) is 11.4 Å². The monoisotopic (exact) mass is 176 g/mol. The number of hydrogen-bond donors (Lipinski definition) is 1. The lowest BCUT2D eigenvalue weighted by molar-refractivity contribution is 0.477. The van der Waals surface area contributed by atoms with Crippen molar-refractivity contribution in [3.05, 3.63) is 39.1 Å². The summed E-state index contributed by atoms with van der Waals surface area (Å²) < 4.78 is 0. The van der Waals surface area contributed by atoms with Gasteiger partial charge in [0.25, 0.3) is 0 Å². The minimum absolute atomic E-state index is 0.0669. The molecule has 64 valence electrons. The lowest BCUT2D eigenvalue weighted by Crippen LogP contribution is -1.67. The second-order valence-electron chi connectivity index (χ2n) is 2.02. The van der Waals surface area contributed by atoms with E-state index in [1.54, 1.807) is 0 Å². The molecule has 0 aliphatic carbocycles. The molecule has 1 aromatic rings. The predicted molar refractivity (Wildman–Crippen MR) is 45.7 cm³/mol. The van der Waals surface area contributed by atoms with Crippen LogP contribution in [0.5, 0.6) is 5.75 Å². The van der Waals surface area contributed by atoms with Crippen molar-refractivity contribution in [1.29, 1.82) is 0 Å². The van der Waals surface area contributed by atoms with E-state index in [1.165, 1.54) is 18.2 Å². The van der Waals surface area contributed by atoms with Gasteiger partial charge in [0.1, 0.15) is 5.75 Å². The molecule has 0 atom stereocenters. The van der Waals surface area contributed by atoms with Crippen molar-refractivity contribution in [2.75, 3.05) is 0 Å². The smallest absolute Gasteiger partial charge is 0.125 e. The number of nitrogens with zero attached hydrogens (tertiary/aromatic N) is 6. The molecule has 0 amide bonds. The first-order chi connectivity index (χ1) is 6.29. The minimum atomic E-state index is -0.220. The number of benzene rings is 1. The Balaban J connectivity index is 3.41. The van der Waals surface area contributed by atoms with E-state index < -0.39 is 0 Å². The van der Waals surface area contributed by atoms with Crippen LogP contribution in [0.2, 0.25) is 0 Å². The Labute approximate surface area is 72.5 Å². The third-order valence-corrected chi connectivity index (χ3v) is 1.29. The summed E-state index contributed by atoms with van der Waals surface area (Å²) in [4.78, 5) is 5.01. The summed E-state index contributed by atoms with van der Waals surface area (Å²) >= 11 is 0. The normalized spacial score (nSPS) is 8.31. The van der Waals surface area contributed by atoms with Crippen LogP contribution in [0.3, 0.4) is 0 Å². The lowest BCUT2D eigenvalue weighted by Gasteiger charge is -1.99. The number of rotatable bonds is 2. The van der Waals surface area contributed by atoms with Crippen LogP contribution in [0.25, 0.3) is 20.9 Å².